The van der Waals surface area contributed by atoms with E-state index in [9.17, 15) is 5.48 Å². The Morgan fingerprint density at radius 2 is 1.04 bits per heavy atom. The van der Waals surface area contributed by atoms with Gasteiger partial charge in [-0.25, -0.2) is 0 Å². The lowest BCUT2D eigenvalue weighted by Crippen LogP contribution is -2.14. The van der Waals surface area contributed by atoms with Crippen molar-refractivity contribution in [3.63, 3.8) is 0 Å². The molecule has 0 saturated heterocycles. The summed E-state index contributed by atoms with van der Waals surface area (Å²) in [5, 5.41) is 2.15. The highest BCUT2D eigenvalue weighted by Crippen LogP contribution is 2.50. The molecule has 1 aromatic heterocycles. The highest BCUT2D eigenvalue weighted by molar-refractivity contribution is 6.25. The molecule has 0 bridgehead atoms. The largest absolute Gasteiger partial charge is 0.456 e. The number of para-hydroxylation sites is 1. The molecule has 0 fully saturated rings. The zero-order valence-corrected chi connectivity index (χ0v) is 26.3. The van der Waals surface area contributed by atoms with Gasteiger partial charge in [-0.15, -0.1) is 0 Å². The van der Waals surface area contributed by atoms with Gasteiger partial charge in [0.1, 0.15) is 11.2 Å². The molecule has 48 heavy (non-hydrogen) atoms. The van der Waals surface area contributed by atoms with E-state index in [1.807, 2.05) is 60.7 Å². The van der Waals surface area contributed by atoms with Gasteiger partial charge in [0.05, 0.1) is 11.0 Å². The Morgan fingerprint density at radius 1 is 0.458 bits per heavy atom. The highest BCUT2D eigenvalue weighted by atomic mass is 16.3. The molecule has 1 heteroatoms. The first kappa shape index (κ1) is 20.3. The zero-order valence-electron chi connectivity index (χ0n) is 34.3. The van der Waals surface area contributed by atoms with E-state index in [1.165, 1.54) is 22.3 Å². The van der Waals surface area contributed by atoms with Crippen molar-refractivity contribution in [2.24, 2.45) is 0 Å². The summed E-state index contributed by atoms with van der Waals surface area (Å²) in [5.74, 6) is 0. The molecule has 0 radical (unpaired) electrons. The maximum Gasteiger partial charge on any atom is 0.136 e. The molecule has 226 valence electrons. The lowest BCUT2D eigenvalue weighted by atomic mass is 9.81. The van der Waals surface area contributed by atoms with E-state index in [-0.39, 0.29) is 51.1 Å². The second-order valence-electron chi connectivity index (χ2n) is 13.0. The van der Waals surface area contributed by atoms with Crippen LogP contribution in [-0.4, -0.2) is 0 Å². The number of furan rings is 1. The van der Waals surface area contributed by atoms with Gasteiger partial charge in [0, 0.05) is 16.2 Å². The van der Waals surface area contributed by atoms with Crippen molar-refractivity contribution in [2.75, 3.05) is 0 Å². The van der Waals surface area contributed by atoms with Gasteiger partial charge in [0.2, 0.25) is 0 Å². The van der Waals surface area contributed by atoms with Gasteiger partial charge in [-0.2, -0.15) is 0 Å². The molecular formula is C47H32O. The minimum Gasteiger partial charge on any atom is -0.456 e. The average Bonchev–Trinajstić information content (AvgIpc) is 3.71. The molecule has 1 aliphatic rings. The summed E-state index contributed by atoms with van der Waals surface area (Å²) in [6.07, 6.45) is 0. The first-order chi connectivity index (χ1) is 26.9. The summed E-state index contributed by atoms with van der Waals surface area (Å²) < 4.78 is 79.5. The van der Waals surface area contributed by atoms with Crippen LogP contribution in [0.3, 0.4) is 0 Å². The third kappa shape index (κ3) is 3.79. The molecule has 0 unspecified atom stereocenters. The summed E-state index contributed by atoms with van der Waals surface area (Å²) in [5.41, 5.74) is 9.35. The molecule has 0 amide bonds. The van der Waals surface area contributed by atoms with Crippen LogP contribution in [0.5, 0.6) is 0 Å². The second-order valence-corrected chi connectivity index (χ2v) is 13.0. The normalized spacial score (nSPS) is 15.7. The van der Waals surface area contributed by atoms with Gasteiger partial charge in [-0.3, -0.25) is 0 Å². The summed E-state index contributed by atoms with van der Waals surface area (Å²) in [6.45, 7) is 4.45. The number of fused-ring (bicyclic) bond motifs is 8. The van der Waals surface area contributed by atoms with E-state index in [2.05, 4.69) is 56.3 Å². The first-order valence-electron chi connectivity index (χ1n) is 20.1. The Balaban J connectivity index is 1.34. The van der Waals surface area contributed by atoms with E-state index in [0.29, 0.717) is 38.8 Å². The van der Waals surface area contributed by atoms with Crippen molar-refractivity contribution in [3.05, 3.63) is 169 Å². The van der Waals surface area contributed by atoms with Crippen molar-refractivity contribution in [2.45, 2.75) is 19.3 Å². The Kier molecular flexibility index (Phi) is 4.25. The Bertz CT molecular complexity index is 3130. The maximum atomic E-state index is 9.44. The number of rotatable bonds is 3. The number of benzene rings is 8. The van der Waals surface area contributed by atoms with Gasteiger partial charge < -0.3 is 4.42 Å². The predicted molar refractivity (Wildman–Crippen MR) is 203 cm³/mol. The van der Waals surface area contributed by atoms with Crippen LogP contribution in [0, 0.1) is 0 Å². The standard InChI is InChI=1S/C47H32O/c1-47(2)40-22-9-7-15-32(40)33-26-25-30(28-41(33)47)29-13-11-14-31(27-29)44-34-16-3-5-18-36(34)45(37-19-6-4-17-35(37)44)39-21-12-24-43-46(39)38-20-8-10-23-42(38)48-43/h3-28H,1-2H3/i3D,4D,5D,6D,16D,17D,18D,19D. The smallest absolute Gasteiger partial charge is 0.136 e. The van der Waals surface area contributed by atoms with Crippen LogP contribution in [0.2, 0.25) is 0 Å². The van der Waals surface area contributed by atoms with E-state index < -0.39 is 24.2 Å². The molecule has 0 atom stereocenters. The van der Waals surface area contributed by atoms with Crippen LogP contribution in [0.4, 0.5) is 0 Å². The maximum absolute atomic E-state index is 9.44. The quantitative estimate of drug-likeness (QED) is 0.179. The second kappa shape index (κ2) is 10.0. The minimum absolute atomic E-state index is 0.170. The summed E-state index contributed by atoms with van der Waals surface area (Å²) in [6, 6.07) is 32.6. The summed E-state index contributed by atoms with van der Waals surface area (Å²) in [4.78, 5) is 0. The van der Waals surface area contributed by atoms with Crippen LogP contribution in [0.15, 0.2) is 162 Å². The molecule has 0 spiro atoms. The molecule has 8 aromatic carbocycles. The third-order valence-corrected chi connectivity index (χ3v) is 10.1. The van der Waals surface area contributed by atoms with E-state index in [4.69, 9.17) is 9.90 Å². The molecule has 9 aromatic rings. The summed E-state index contributed by atoms with van der Waals surface area (Å²) in [7, 11) is 0. The van der Waals surface area contributed by atoms with Gasteiger partial charge in [-0.1, -0.05) is 147 Å². The lowest BCUT2D eigenvalue weighted by molar-refractivity contribution is 0.660. The van der Waals surface area contributed by atoms with Crippen molar-refractivity contribution in [1.82, 2.24) is 0 Å². The number of hydrogen-bond acceptors (Lipinski definition) is 1. The van der Waals surface area contributed by atoms with Crippen LogP contribution in [-0.2, 0) is 5.41 Å². The third-order valence-electron chi connectivity index (χ3n) is 10.1. The lowest BCUT2D eigenvalue weighted by Gasteiger charge is -2.22. The fourth-order valence-electron chi connectivity index (χ4n) is 7.90. The topological polar surface area (TPSA) is 13.1 Å². The predicted octanol–water partition coefficient (Wildman–Crippen LogP) is 13.2. The van der Waals surface area contributed by atoms with Crippen LogP contribution in [0.1, 0.15) is 35.9 Å². The van der Waals surface area contributed by atoms with Crippen LogP contribution < -0.4 is 0 Å². The molecular weight excluding hydrogens is 581 g/mol. The van der Waals surface area contributed by atoms with Crippen molar-refractivity contribution in [3.8, 4) is 44.5 Å². The average molecular weight is 621 g/mol. The van der Waals surface area contributed by atoms with E-state index >= 15 is 0 Å². The molecule has 1 aliphatic carbocycles. The first-order valence-corrected chi connectivity index (χ1v) is 16.1. The summed E-state index contributed by atoms with van der Waals surface area (Å²) >= 11 is 0. The molecule has 10 rings (SSSR count). The Hall–Kier alpha value is -5.92. The molecule has 0 saturated carbocycles. The Morgan fingerprint density at radius 3 is 1.83 bits per heavy atom. The minimum atomic E-state index is -0.436. The van der Waals surface area contributed by atoms with Gasteiger partial charge in [0.25, 0.3) is 0 Å². The number of hydrogen-bond donors (Lipinski definition) is 0. The van der Waals surface area contributed by atoms with Gasteiger partial charge in [0.15, 0.2) is 0 Å². The van der Waals surface area contributed by atoms with E-state index in [0.717, 1.165) is 16.5 Å². The van der Waals surface area contributed by atoms with Crippen molar-refractivity contribution >= 4 is 43.5 Å². The van der Waals surface area contributed by atoms with E-state index in [1.54, 1.807) is 6.07 Å². The molecule has 0 N–H and O–H groups in total. The SMILES string of the molecule is [2H]c1c([2H])c([2H])c2c(-c3cccc4oc5ccccc5c34)c3c([2H])c([2H])c([2H])c([2H])c3c(-c3cccc(-c4ccc5c(c4)C(C)(C)c4ccccc4-5)c3)c2c1[2H]. The Labute approximate surface area is 291 Å². The molecule has 1 nitrogen and oxygen atoms in total. The molecule has 0 aliphatic heterocycles. The zero-order chi connectivity index (χ0) is 38.9. The van der Waals surface area contributed by atoms with Crippen LogP contribution in [0.25, 0.3) is 88.0 Å². The van der Waals surface area contributed by atoms with Gasteiger partial charge >= 0.3 is 0 Å². The highest BCUT2D eigenvalue weighted by Gasteiger charge is 2.35. The monoisotopic (exact) mass is 620 g/mol. The molecule has 1 heterocycles. The van der Waals surface area contributed by atoms with Crippen molar-refractivity contribution < 1.29 is 15.4 Å². The fourth-order valence-corrected chi connectivity index (χ4v) is 7.90. The van der Waals surface area contributed by atoms with Crippen LogP contribution >= 0.6 is 0 Å². The van der Waals surface area contributed by atoms with Crippen molar-refractivity contribution in [1.29, 1.82) is 0 Å². The fraction of sp³-hybridized carbons (Fsp3) is 0.0638. The van der Waals surface area contributed by atoms with Gasteiger partial charge in [-0.05, 0) is 101 Å².